The van der Waals surface area contributed by atoms with Crippen molar-refractivity contribution in [1.82, 2.24) is 9.88 Å². The van der Waals surface area contributed by atoms with Gasteiger partial charge < -0.3 is 19.9 Å². The monoisotopic (exact) mass is 390 g/mol. The van der Waals surface area contributed by atoms with Crippen LogP contribution in [0.5, 0.6) is 5.75 Å². The van der Waals surface area contributed by atoms with Gasteiger partial charge in [-0.3, -0.25) is 0 Å². The summed E-state index contributed by atoms with van der Waals surface area (Å²) in [6.07, 6.45) is 0.938. The lowest BCUT2D eigenvalue weighted by atomic mass is 10.1. The number of carbonyl (C=O) groups is 1. The summed E-state index contributed by atoms with van der Waals surface area (Å²) in [5.74, 6) is 0.763. The number of rotatable bonds is 6. The number of urea groups is 1. The highest BCUT2D eigenvalue weighted by molar-refractivity contribution is 5.96. The van der Waals surface area contributed by atoms with Gasteiger partial charge >= 0.3 is 6.03 Å². The van der Waals surface area contributed by atoms with Crippen LogP contribution < -0.4 is 15.4 Å². The second-order valence-electron chi connectivity index (χ2n) is 7.20. The minimum atomic E-state index is -0.238. The Bertz CT molecular complexity index is 1060. The van der Waals surface area contributed by atoms with Crippen LogP contribution in [0.25, 0.3) is 22.2 Å². The summed E-state index contributed by atoms with van der Waals surface area (Å²) < 4.78 is 7.55. The lowest BCUT2D eigenvalue weighted by Gasteiger charge is -2.12. The molecule has 0 fully saturated rings. The molecule has 0 aliphatic heterocycles. The van der Waals surface area contributed by atoms with E-state index in [2.05, 4.69) is 28.2 Å². The molecule has 0 bridgehead atoms. The van der Waals surface area contributed by atoms with Gasteiger partial charge in [-0.25, -0.2) is 4.79 Å². The summed E-state index contributed by atoms with van der Waals surface area (Å²) in [5, 5.41) is 16.4. The van der Waals surface area contributed by atoms with E-state index < -0.39 is 0 Å². The summed E-state index contributed by atoms with van der Waals surface area (Å²) in [7, 11) is 1.64. The molecule has 29 heavy (non-hydrogen) atoms. The molecule has 6 heteroatoms. The fourth-order valence-corrected chi connectivity index (χ4v) is 3.47. The van der Waals surface area contributed by atoms with E-state index in [1.54, 1.807) is 7.11 Å². The first kappa shape index (κ1) is 20.3. The second-order valence-corrected chi connectivity index (χ2v) is 7.20. The molecule has 0 spiro atoms. The van der Waals surface area contributed by atoms with E-state index in [0.717, 1.165) is 40.9 Å². The van der Waals surface area contributed by atoms with Gasteiger partial charge in [-0.15, -0.1) is 0 Å². The zero-order valence-electron chi connectivity index (χ0n) is 17.2. The average molecular weight is 390 g/mol. The van der Waals surface area contributed by atoms with Crippen molar-refractivity contribution in [1.29, 1.82) is 5.26 Å². The summed E-state index contributed by atoms with van der Waals surface area (Å²) in [6, 6.07) is 15.6. The van der Waals surface area contributed by atoms with Crippen molar-refractivity contribution in [2.45, 2.75) is 39.8 Å². The van der Waals surface area contributed by atoms with Crippen molar-refractivity contribution < 1.29 is 9.53 Å². The van der Waals surface area contributed by atoms with Crippen LogP contribution in [0.15, 0.2) is 42.5 Å². The van der Waals surface area contributed by atoms with Crippen LogP contribution in [0.3, 0.4) is 0 Å². The molecule has 0 atom stereocenters. The molecule has 0 saturated heterocycles. The van der Waals surface area contributed by atoms with Gasteiger partial charge in [0.25, 0.3) is 0 Å². The van der Waals surface area contributed by atoms with Crippen molar-refractivity contribution in [2.75, 3.05) is 12.4 Å². The van der Waals surface area contributed by atoms with Gasteiger partial charge in [-0.05, 0) is 50.1 Å². The number of hydrogen-bond donors (Lipinski definition) is 2. The molecular weight excluding hydrogens is 364 g/mol. The van der Waals surface area contributed by atoms with E-state index in [1.807, 2.05) is 56.3 Å². The maximum atomic E-state index is 11.9. The lowest BCUT2D eigenvalue weighted by molar-refractivity contribution is 0.250. The third kappa shape index (κ3) is 4.19. The molecule has 150 valence electrons. The molecule has 6 nitrogen and oxygen atoms in total. The number of nitrogens with one attached hydrogen (secondary N) is 2. The van der Waals surface area contributed by atoms with Gasteiger partial charge in [0.15, 0.2) is 0 Å². The molecule has 0 saturated carbocycles. The van der Waals surface area contributed by atoms with Gasteiger partial charge in [-0.1, -0.05) is 19.1 Å². The first-order valence-electron chi connectivity index (χ1n) is 9.76. The molecule has 0 aliphatic rings. The molecule has 2 N–H and O–H groups in total. The minimum Gasteiger partial charge on any atom is -0.497 e. The predicted octanol–water partition coefficient (Wildman–Crippen LogP) is 5.13. The van der Waals surface area contributed by atoms with Gasteiger partial charge in [0.05, 0.1) is 23.9 Å². The fraction of sp³-hybridized carbons (Fsp3) is 0.304. The van der Waals surface area contributed by atoms with E-state index in [-0.39, 0.29) is 12.1 Å². The van der Waals surface area contributed by atoms with Crippen LogP contribution in [0.4, 0.5) is 10.5 Å². The number of nitrogens with zero attached hydrogens (tertiary/aromatic N) is 2. The molecule has 1 heterocycles. The number of hydrogen-bond acceptors (Lipinski definition) is 3. The summed E-state index contributed by atoms with van der Waals surface area (Å²) in [4.78, 5) is 11.9. The van der Waals surface area contributed by atoms with E-state index in [0.29, 0.717) is 11.3 Å². The number of aromatic nitrogens is 1. The summed E-state index contributed by atoms with van der Waals surface area (Å²) >= 11 is 0. The number of ether oxygens (including phenoxy) is 1. The van der Waals surface area contributed by atoms with Crippen molar-refractivity contribution in [2.24, 2.45) is 0 Å². The Balaban J connectivity index is 2.05. The highest BCUT2D eigenvalue weighted by Gasteiger charge is 2.19. The topological polar surface area (TPSA) is 79.1 Å². The van der Waals surface area contributed by atoms with Crippen molar-refractivity contribution in [3.05, 3.63) is 48.0 Å². The highest BCUT2D eigenvalue weighted by atomic mass is 16.5. The molecule has 0 unspecified atom stereocenters. The number of amides is 2. The summed E-state index contributed by atoms with van der Waals surface area (Å²) in [5.41, 5.74) is 4.15. The van der Waals surface area contributed by atoms with Crippen molar-refractivity contribution in [3.8, 4) is 23.1 Å². The Morgan fingerprint density at radius 3 is 2.52 bits per heavy atom. The number of aryl methyl sites for hydroxylation is 1. The lowest BCUT2D eigenvalue weighted by Crippen LogP contribution is -2.34. The van der Waals surface area contributed by atoms with Crippen LogP contribution in [-0.2, 0) is 6.54 Å². The Kier molecular flexibility index (Phi) is 6.08. The predicted molar refractivity (Wildman–Crippen MR) is 116 cm³/mol. The average Bonchev–Trinajstić information content (AvgIpc) is 3.01. The maximum Gasteiger partial charge on any atom is 0.319 e. The minimum absolute atomic E-state index is 0.0641. The molecular formula is C23H26N4O2. The quantitative estimate of drug-likeness (QED) is 0.612. The number of nitriles is 1. The first-order valence-corrected chi connectivity index (χ1v) is 9.76. The fourth-order valence-electron chi connectivity index (χ4n) is 3.47. The van der Waals surface area contributed by atoms with Crippen LogP contribution >= 0.6 is 0 Å². The normalized spacial score (nSPS) is 10.8. The first-order chi connectivity index (χ1) is 14.0. The molecule has 3 aromatic rings. The Morgan fingerprint density at radius 2 is 1.93 bits per heavy atom. The third-order valence-electron chi connectivity index (χ3n) is 4.67. The van der Waals surface area contributed by atoms with Gasteiger partial charge in [0, 0.05) is 29.7 Å². The zero-order valence-corrected chi connectivity index (χ0v) is 17.2. The van der Waals surface area contributed by atoms with E-state index in [4.69, 9.17) is 4.74 Å². The standard InChI is InChI=1S/C23H26N4O2/c1-5-12-27-21-13-18(29-4)10-11-19(21)20(14-24)22(27)16-6-8-17(9-7-16)26-23(28)25-15(2)3/h6-11,13,15H,5,12H2,1-4H3,(H2,25,26,28). The SMILES string of the molecule is CCCn1c(-c2ccc(NC(=O)NC(C)C)cc2)c(C#N)c2ccc(OC)cc21. The number of benzene rings is 2. The van der Waals surface area contributed by atoms with Crippen molar-refractivity contribution in [3.63, 3.8) is 0 Å². The Hall–Kier alpha value is -3.46. The van der Waals surface area contributed by atoms with Crippen LogP contribution in [0.2, 0.25) is 0 Å². The number of fused-ring (bicyclic) bond motifs is 1. The second kappa shape index (κ2) is 8.70. The van der Waals surface area contributed by atoms with Gasteiger partial charge in [0.2, 0.25) is 0 Å². The van der Waals surface area contributed by atoms with E-state index >= 15 is 0 Å². The van der Waals surface area contributed by atoms with Crippen molar-refractivity contribution >= 4 is 22.6 Å². The van der Waals surface area contributed by atoms with Crippen LogP contribution in [0.1, 0.15) is 32.8 Å². The molecule has 2 aromatic carbocycles. The number of carbonyl (C=O) groups excluding carboxylic acids is 1. The molecule has 3 rings (SSSR count). The molecule has 0 radical (unpaired) electrons. The molecule has 1 aromatic heterocycles. The zero-order chi connectivity index (χ0) is 21.0. The number of methoxy groups -OCH3 is 1. The largest absolute Gasteiger partial charge is 0.497 e. The Labute approximate surface area is 171 Å². The maximum absolute atomic E-state index is 11.9. The van der Waals surface area contributed by atoms with Crippen LogP contribution in [0, 0.1) is 11.3 Å². The van der Waals surface area contributed by atoms with Crippen LogP contribution in [-0.4, -0.2) is 23.7 Å². The Morgan fingerprint density at radius 1 is 1.21 bits per heavy atom. The molecule has 0 aliphatic carbocycles. The number of anilines is 1. The van der Waals surface area contributed by atoms with E-state index in [9.17, 15) is 10.1 Å². The third-order valence-corrected chi connectivity index (χ3v) is 4.67. The van der Waals surface area contributed by atoms with Gasteiger partial charge in [-0.2, -0.15) is 5.26 Å². The van der Waals surface area contributed by atoms with E-state index in [1.165, 1.54) is 0 Å². The van der Waals surface area contributed by atoms with Gasteiger partial charge in [0.1, 0.15) is 11.8 Å². The molecule has 2 amide bonds. The highest BCUT2D eigenvalue weighted by Crippen LogP contribution is 2.36. The smallest absolute Gasteiger partial charge is 0.319 e. The summed E-state index contributed by atoms with van der Waals surface area (Å²) in [6.45, 7) is 6.72.